The maximum absolute atomic E-state index is 13.9. The molecule has 0 fully saturated rings. The molecule has 0 spiro atoms. The molecular weight excluding hydrogens is 305 g/mol. The number of aromatic nitrogens is 4. The van der Waals surface area contributed by atoms with E-state index in [4.69, 9.17) is 17.3 Å². The lowest BCUT2D eigenvalue weighted by Gasteiger charge is -2.04. The highest BCUT2D eigenvalue weighted by molar-refractivity contribution is 6.31. The van der Waals surface area contributed by atoms with E-state index >= 15 is 0 Å². The fourth-order valence-electron chi connectivity index (χ4n) is 2.62. The van der Waals surface area contributed by atoms with E-state index < -0.39 is 5.82 Å². The predicted octanol–water partition coefficient (Wildman–Crippen LogP) is 3.49. The average Bonchev–Trinajstić information content (AvgIpc) is 3.04. The van der Waals surface area contributed by atoms with Gasteiger partial charge in [0.1, 0.15) is 17.3 Å². The van der Waals surface area contributed by atoms with E-state index in [0.717, 1.165) is 11.0 Å². The maximum Gasteiger partial charge on any atom is 0.166 e. The Bertz CT molecular complexity index is 1030. The summed E-state index contributed by atoms with van der Waals surface area (Å²) in [6, 6.07) is 4.81. The molecule has 4 rings (SSSR count). The molecule has 0 bridgehead atoms. The van der Waals surface area contributed by atoms with Gasteiger partial charge < -0.3 is 15.3 Å². The van der Waals surface area contributed by atoms with Crippen molar-refractivity contribution in [3.63, 3.8) is 0 Å². The highest BCUT2D eigenvalue weighted by atomic mass is 35.5. The van der Waals surface area contributed by atoms with Crippen LogP contribution in [0, 0.1) is 5.82 Å². The van der Waals surface area contributed by atoms with E-state index in [1.165, 1.54) is 6.07 Å². The first kappa shape index (κ1) is 13.1. The summed E-state index contributed by atoms with van der Waals surface area (Å²) in [4.78, 5) is 11.8. The molecule has 0 aliphatic heterocycles. The van der Waals surface area contributed by atoms with Crippen LogP contribution in [0.4, 0.5) is 10.2 Å². The zero-order valence-electron chi connectivity index (χ0n) is 11.6. The first-order valence-electron chi connectivity index (χ1n) is 6.59. The average molecular weight is 316 g/mol. The molecule has 3 N–H and O–H groups in total. The molecule has 4 aromatic rings. The van der Waals surface area contributed by atoms with E-state index in [1.807, 2.05) is 23.9 Å². The summed E-state index contributed by atoms with van der Waals surface area (Å²) in [6.07, 6.45) is 3.53. The van der Waals surface area contributed by atoms with Gasteiger partial charge in [0.2, 0.25) is 0 Å². The molecule has 0 saturated carbocycles. The van der Waals surface area contributed by atoms with Crippen LogP contribution < -0.4 is 5.73 Å². The minimum absolute atomic E-state index is 0.318. The molecule has 0 radical (unpaired) electrons. The van der Waals surface area contributed by atoms with Crippen molar-refractivity contribution in [2.75, 3.05) is 5.73 Å². The third-order valence-electron chi connectivity index (χ3n) is 3.70. The number of hydrogen-bond acceptors (Lipinski definition) is 3. The minimum atomic E-state index is -0.415. The number of aryl methyl sites for hydroxylation is 1. The van der Waals surface area contributed by atoms with Crippen LogP contribution in [0.15, 0.2) is 30.6 Å². The SMILES string of the molecule is Cn1ccc2c(N)nc(-c3c[nH]c4c(F)cc(Cl)cc34)nc21. The standard InChI is InChI=1S/C15H11ClFN5/c1-22-3-2-8-13(18)20-14(21-15(8)22)10-6-19-12-9(10)4-7(16)5-11(12)17/h2-6,19H,1H3,(H2,18,20,21). The van der Waals surface area contributed by atoms with Crippen LogP contribution >= 0.6 is 11.6 Å². The molecule has 0 aliphatic carbocycles. The number of halogens is 2. The van der Waals surface area contributed by atoms with Crippen LogP contribution in [0.3, 0.4) is 0 Å². The zero-order chi connectivity index (χ0) is 15.4. The number of nitrogens with two attached hydrogens (primary N) is 1. The number of H-pyrrole nitrogens is 1. The second-order valence-electron chi connectivity index (χ2n) is 5.11. The summed E-state index contributed by atoms with van der Waals surface area (Å²) in [5, 5.41) is 1.73. The van der Waals surface area contributed by atoms with Crippen LogP contribution in [0.1, 0.15) is 0 Å². The van der Waals surface area contributed by atoms with Crippen molar-refractivity contribution in [3.05, 3.63) is 41.4 Å². The molecule has 110 valence electrons. The molecule has 0 atom stereocenters. The Morgan fingerprint density at radius 3 is 2.91 bits per heavy atom. The summed E-state index contributed by atoms with van der Waals surface area (Å²) in [7, 11) is 1.88. The monoisotopic (exact) mass is 315 g/mol. The molecule has 3 heterocycles. The molecule has 1 aromatic carbocycles. The summed E-state index contributed by atoms with van der Waals surface area (Å²) >= 11 is 5.95. The van der Waals surface area contributed by atoms with Crippen LogP contribution in [0.5, 0.6) is 0 Å². The van der Waals surface area contributed by atoms with Crippen molar-refractivity contribution in [2.45, 2.75) is 0 Å². The molecule has 0 unspecified atom stereocenters. The van der Waals surface area contributed by atoms with Crippen molar-refractivity contribution in [2.24, 2.45) is 7.05 Å². The Morgan fingerprint density at radius 1 is 1.27 bits per heavy atom. The molecule has 5 nitrogen and oxygen atoms in total. The lowest BCUT2D eigenvalue weighted by atomic mass is 10.1. The lowest BCUT2D eigenvalue weighted by Crippen LogP contribution is -1.98. The number of nitrogens with one attached hydrogen (secondary N) is 1. The Balaban J connectivity index is 2.05. The fourth-order valence-corrected chi connectivity index (χ4v) is 2.83. The highest BCUT2D eigenvalue weighted by Gasteiger charge is 2.15. The molecule has 0 amide bonds. The van der Waals surface area contributed by atoms with Gasteiger partial charge in [-0.1, -0.05) is 11.6 Å². The second-order valence-corrected chi connectivity index (χ2v) is 5.55. The van der Waals surface area contributed by atoms with Crippen molar-refractivity contribution in [1.29, 1.82) is 0 Å². The third-order valence-corrected chi connectivity index (χ3v) is 3.92. The number of nitrogen functional groups attached to an aromatic ring is 1. The first-order valence-corrected chi connectivity index (χ1v) is 6.97. The van der Waals surface area contributed by atoms with Gasteiger partial charge in [0.15, 0.2) is 5.82 Å². The van der Waals surface area contributed by atoms with Crippen molar-refractivity contribution < 1.29 is 4.39 Å². The van der Waals surface area contributed by atoms with Gasteiger partial charge >= 0.3 is 0 Å². The molecule has 0 saturated heterocycles. The first-order chi connectivity index (χ1) is 10.5. The van der Waals surface area contributed by atoms with Gasteiger partial charge in [0, 0.05) is 35.4 Å². The van der Waals surface area contributed by atoms with Gasteiger partial charge in [-0.3, -0.25) is 0 Å². The fraction of sp³-hybridized carbons (Fsp3) is 0.0667. The number of rotatable bonds is 1. The van der Waals surface area contributed by atoms with Gasteiger partial charge in [-0.05, 0) is 18.2 Å². The van der Waals surface area contributed by atoms with Crippen LogP contribution in [-0.4, -0.2) is 19.5 Å². The van der Waals surface area contributed by atoms with Gasteiger partial charge in [-0.15, -0.1) is 0 Å². The predicted molar refractivity (Wildman–Crippen MR) is 85.2 cm³/mol. The summed E-state index contributed by atoms with van der Waals surface area (Å²) < 4.78 is 15.8. The third kappa shape index (κ3) is 1.77. The maximum atomic E-state index is 13.9. The number of fused-ring (bicyclic) bond motifs is 2. The lowest BCUT2D eigenvalue weighted by molar-refractivity contribution is 0.637. The number of anilines is 1. The summed E-state index contributed by atoms with van der Waals surface area (Å²) in [5.41, 5.74) is 7.75. The van der Waals surface area contributed by atoms with E-state index in [1.54, 1.807) is 12.3 Å². The van der Waals surface area contributed by atoms with E-state index in [9.17, 15) is 4.39 Å². The second kappa shape index (κ2) is 4.45. The van der Waals surface area contributed by atoms with Crippen molar-refractivity contribution >= 4 is 39.4 Å². The van der Waals surface area contributed by atoms with Gasteiger partial charge in [-0.25, -0.2) is 14.4 Å². The number of nitrogens with zero attached hydrogens (tertiary/aromatic N) is 3. The number of benzene rings is 1. The van der Waals surface area contributed by atoms with E-state index in [-0.39, 0.29) is 0 Å². The Labute approximate surface area is 129 Å². The molecule has 7 heteroatoms. The quantitative estimate of drug-likeness (QED) is 0.564. The summed E-state index contributed by atoms with van der Waals surface area (Å²) in [5.74, 6) is 0.402. The van der Waals surface area contributed by atoms with Gasteiger partial charge in [-0.2, -0.15) is 0 Å². The Hall–Kier alpha value is -2.60. The molecular formula is C15H11ClFN5. The van der Waals surface area contributed by atoms with Gasteiger partial charge in [0.25, 0.3) is 0 Å². The Kier molecular flexibility index (Phi) is 2.65. The molecule has 3 aromatic heterocycles. The number of hydrogen-bond donors (Lipinski definition) is 2. The van der Waals surface area contributed by atoms with Crippen LogP contribution in [0.25, 0.3) is 33.3 Å². The normalized spacial score (nSPS) is 11.6. The Morgan fingerprint density at radius 2 is 2.09 bits per heavy atom. The topological polar surface area (TPSA) is 72.5 Å². The summed E-state index contributed by atoms with van der Waals surface area (Å²) in [6.45, 7) is 0. The minimum Gasteiger partial charge on any atom is -0.383 e. The largest absolute Gasteiger partial charge is 0.383 e. The van der Waals surface area contributed by atoms with E-state index in [0.29, 0.717) is 33.1 Å². The molecule has 0 aliphatic rings. The van der Waals surface area contributed by atoms with E-state index in [2.05, 4.69) is 15.0 Å². The van der Waals surface area contributed by atoms with Gasteiger partial charge in [0.05, 0.1) is 10.9 Å². The zero-order valence-corrected chi connectivity index (χ0v) is 12.3. The van der Waals surface area contributed by atoms with Crippen molar-refractivity contribution in [1.82, 2.24) is 19.5 Å². The van der Waals surface area contributed by atoms with Crippen LogP contribution in [0.2, 0.25) is 5.02 Å². The van der Waals surface area contributed by atoms with Crippen molar-refractivity contribution in [3.8, 4) is 11.4 Å². The highest BCUT2D eigenvalue weighted by Crippen LogP contribution is 2.32. The number of aromatic amines is 1. The van der Waals surface area contributed by atoms with Crippen LogP contribution in [-0.2, 0) is 7.05 Å². The smallest absolute Gasteiger partial charge is 0.166 e. The molecule has 22 heavy (non-hydrogen) atoms.